The van der Waals surface area contributed by atoms with E-state index in [0.717, 1.165) is 23.5 Å². The van der Waals surface area contributed by atoms with Gasteiger partial charge in [-0.05, 0) is 17.9 Å². The largest absolute Gasteiger partial charge is 0.381 e. The number of hydrogen-bond acceptors (Lipinski definition) is 3. The van der Waals surface area contributed by atoms with Crippen molar-refractivity contribution in [2.45, 2.75) is 26.0 Å². The second-order valence-electron chi connectivity index (χ2n) is 3.43. The minimum atomic E-state index is -0.543. The predicted molar refractivity (Wildman–Crippen MR) is 60.9 cm³/mol. The van der Waals surface area contributed by atoms with E-state index >= 15 is 0 Å². The molecule has 3 nitrogen and oxygen atoms in total. The maximum absolute atomic E-state index is 10.1. The fourth-order valence-corrected chi connectivity index (χ4v) is 2.30. The average Bonchev–Trinajstić information content (AvgIpc) is 2.87. The lowest BCUT2D eigenvalue weighted by atomic mass is 10.2. The maximum Gasteiger partial charge on any atom is 0.130 e. The molecule has 2 rings (SSSR count). The molecule has 0 saturated carbocycles. The molecule has 15 heavy (non-hydrogen) atoms. The zero-order valence-corrected chi connectivity index (χ0v) is 9.44. The summed E-state index contributed by atoms with van der Waals surface area (Å²) in [6, 6.07) is 3.89. The number of hydrogen-bond donors (Lipinski definition) is 1. The molecule has 0 spiro atoms. The van der Waals surface area contributed by atoms with Crippen LogP contribution in [0.15, 0.2) is 30.0 Å². The van der Waals surface area contributed by atoms with Gasteiger partial charge in [0.1, 0.15) is 6.10 Å². The third-order valence-corrected chi connectivity index (χ3v) is 3.23. The Labute approximate surface area is 93.0 Å². The number of thiophene rings is 1. The van der Waals surface area contributed by atoms with E-state index in [9.17, 15) is 5.11 Å². The number of nitrogens with zero attached hydrogens (tertiary/aromatic N) is 2. The van der Waals surface area contributed by atoms with Gasteiger partial charge in [-0.3, -0.25) is 0 Å². The molecule has 80 valence electrons. The summed E-state index contributed by atoms with van der Waals surface area (Å²) in [6.07, 6.45) is 4.01. The van der Waals surface area contributed by atoms with E-state index in [-0.39, 0.29) is 0 Å². The first-order chi connectivity index (χ1) is 7.33. The Morgan fingerprint density at radius 2 is 2.47 bits per heavy atom. The Hall–Kier alpha value is -1.13. The van der Waals surface area contributed by atoms with Gasteiger partial charge < -0.3 is 9.67 Å². The molecular formula is C11H14N2OS. The van der Waals surface area contributed by atoms with Crippen LogP contribution in [-0.4, -0.2) is 14.7 Å². The van der Waals surface area contributed by atoms with Gasteiger partial charge in [-0.1, -0.05) is 13.0 Å². The molecule has 2 heterocycles. The van der Waals surface area contributed by atoms with Gasteiger partial charge in [0.15, 0.2) is 0 Å². The quantitative estimate of drug-likeness (QED) is 0.862. The fourth-order valence-electron chi connectivity index (χ4n) is 1.58. The Morgan fingerprint density at radius 3 is 3.13 bits per heavy atom. The molecule has 0 saturated heterocycles. The van der Waals surface area contributed by atoms with Crippen molar-refractivity contribution >= 4 is 11.3 Å². The SMILES string of the molecule is CCCn1cncc1C(O)c1cccs1. The highest BCUT2D eigenvalue weighted by Gasteiger charge is 2.15. The Kier molecular flexibility index (Phi) is 3.18. The van der Waals surface area contributed by atoms with Crippen LogP contribution in [-0.2, 0) is 6.54 Å². The van der Waals surface area contributed by atoms with Crippen molar-refractivity contribution in [3.63, 3.8) is 0 Å². The molecule has 0 aliphatic carbocycles. The number of aromatic nitrogens is 2. The van der Waals surface area contributed by atoms with Crippen LogP contribution in [0.2, 0.25) is 0 Å². The summed E-state index contributed by atoms with van der Waals surface area (Å²) in [5, 5.41) is 12.1. The Morgan fingerprint density at radius 1 is 1.60 bits per heavy atom. The summed E-state index contributed by atoms with van der Waals surface area (Å²) in [6.45, 7) is 3.01. The second-order valence-corrected chi connectivity index (χ2v) is 4.41. The third kappa shape index (κ3) is 2.11. The lowest BCUT2D eigenvalue weighted by Crippen LogP contribution is -2.06. The molecule has 0 radical (unpaired) electrons. The van der Waals surface area contributed by atoms with Crippen LogP contribution in [0.5, 0.6) is 0 Å². The zero-order valence-electron chi connectivity index (χ0n) is 8.63. The van der Waals surface area contributed by atoms with Gasteiger partial charge in [-0.25, -0.2) is 4.98 Å². The van der Waals surface area contributed by atoms with Crippen LogP contribution >= 0.6 is 11.3 Å². The molecule has 0 fully saturated rings. The molecule has 0 amide bonds. The maximum atomic E-state index is 10.1. The molecule has 0 aliphatic rings. The van der Waals surface area contributed by atoms with E-state index in [0.29, 0.717) is 0 Å². The molecule has 1 unspecified atom stereocenters. The number of aryl methyl sites for hydroxylation is 1. The highest BCUT2D eigenvalue weighted by molar-refractivity contribution is 7.10. The van der Waals surface area contributed by atoms with Crippen molar-refractivity contribution < 1.29 is 5.11 Å². The molecule has 1 atom stereocenters. The molecular weight excluding hydrogens is 208 g/mol. The summed E-state index contributed by atoms with van der Waals surface area (Å²) in [5.74, 6) is 0. The van der Waals surface area contributed by atoms with E-state index in [1.807, 2.05) is 22.1 Å². The Balaban J connectivity index is 2.25. The van der Waals surface area contributed by atoms with Crippen LogP contribution in [0.25, 0.3) is 0 Å². The predicted octanol–water partition coefficient (Wildman–Crippen LogP) is 2.44. The lowest BCUT2D eigenvalue weighted by Gasteiger charge is -2.11. The van der Waals surface area contributed by atoms with Gasteiger partial charge in [-0.2, -0.15) is 0 Å². The lowest BCUT2D eigenvalue weighted by molar-refractivity contribution is 0.213. The van der Waals surface area contributed by atoms with Crippen LogP contribution in [0, 0.1) is 0 Å². The van der Waals surface area contributed by atoms with E-state index in [2.05, 4.69) is 11.9 Å². The van der Waals surface area contributed by atoms with E-state index < -0.39 is 6.10 Å². The van der Waals surface area contributed by atoms with Gasteiger partial charge in [0.05, 0.1) is 18.2 Å². The molecule has 0 aliphatic heterocycles. The van der Waals surface area contributed by atoms with E-state index in [1.165, 1.54) is 0 Å². The van der Waals surface area contributed by atoms with Gasteiger partial charge in [0.25, 0.3) is 0 Å². The van der Waals surface area contributed by atoms with Gasteiger partial charge in [-0.15, -0.1) is 11.3 Å². The van der Waals surface area contributed by atoms with Crippen LogP contribution in [0.3, 0.4) is 0 Å². The minimum absolute atomic E-state index is 0.543. The van der Waals surface area contributed by atoms with E-state index in [4.69, 9.17) is 0 Å². The number of rotatable bonds is 4. The Bertz CT molecular complexity index is 408. The average molecular weight is 222 g/mol. The summed E-state index contributed by atoms with van der Waals surface area (Å²) in [4.78, 5) is 5.04. The smallest absolute Gasteiger partial charge is 0.130 e. The third-order valence-electron chi connectivity index (χ3n) is 2.30. The van der Waals surface area contributed by atoms with Gasteiger partial charge in [0.2, 0.25) is 0 Å². The number of imidazole rings is 1. The molecule has 0 bridgehead atoms. The fraction of sp³-hybridized carbons (Fsp3) is 0.364. The second kappa shape index (κ2) is 4.59. The van der Waals surface area contributed by atoms with Crippen molar-refractivity contribution in [2.24, 2.45) is 0 Å². The first-order valence-corrected chi connectivity index (χ1v) is 5.92. The van der Waals surface area contributed by atoms with Crippen molar-refractivity contribution in [3.05, 3.63) is 40.6 Å². The standard InChI is InChI=1S/C11H14N2OS/c1-2-5-13-8-12-7-9(13)11(14)10-4-3-6-15-10/h3-4,6-8,11,14H,2,5H2,1H3. The zero-order chi connectivity index (χ0) is 10.7. The van der Waals surface area contributed by atoms with E-state index in [1.54, 1.807) is 23.9 Å². The highest BCUT2D eigenvalue weighted by Crippen LogP contribution is 2.25. The molecule has 0 aromatic carbocycles. The summed E-state index contributed by atoms with van der Waals surface area (Å²) < 4.78 is 2.00. The van der Waals surface area contributed by atoms with Gasteiger partial charge >= 0.3 is 0 Å². The van der Waals surface area contributed by atoms with Gasteiger partial charge in [0, 0.05) is 11.4 Å². The van der Waals surface area contributed by atoms with Crippen LogP contribution in [0.1, 0.15) is 30.0 Å². The normalized spacial score (nSPS) is 12.9. The first kappa shape index (κ1) is 10.4. The van der Waals surface area contributed by atoms with Crippen LogP contribution in [0.4, 0.5) is 0 Å². The minimum Gasteiger partial charge on any atom is -0.381 e. The van der Waals surface area contributed by atoms with Crippen LogP contribution < -0.4 is 0 Å². The highest BCUT2D eigenvalue weighted by atomic mass is 32.1. The van der Waals surface area contributed by atoms with Crippen molar-refractivity contribution in [1.82, 2.24) is 9.55 Å². The van der Waals surface area contributed by atoms with Crippen molar-refractivity contribution in [1.29, 1.82) is 0 Å². The first-order valence-electron chi connectivity index (χ1n) is 5.04. The summed E-state index contributed by atoms with van der Waals surface area (Å²) >= 11 is 1.56. The summed E-state index contributed by atoms with van der Waals surface area (Å²) in [7, 11) is 0. The number of aliphatic hydroxyl groups excluding tert-OH is 1. The molecule has 4 heteroatoms. The molecule has 2 aromatic heterocycles. The monoisotopic (exact) mass is 222 g/mol. The summed E-state index contributed by atoms with van der Waals surface area (Å²) in [5.41, 5.74) is 0.874. The molecule has 1 N–H and O–H groups in total. The number of aliphatic hydroxyl groups is 1. The van der Waals surface area contributed by atoms with Crippen molar-refractivity contribution in [2.75, 3.05) is 0 Å². The molecule has 2 aromatic rings. The van der Waals surface area contributed by atoms with Crippen molar-refractivity contribution in [3.8, 4) is 0 Å². The topological polar surface area (TPSA) is 38.0 Å².